The summed E-state index contributed by atoms with van der Waals surface area (Å²) in [5, 5.41) is 6.85. The molecule has 2 N–H and O–H groups in total. The van der Waals surface area contributed by atoms with Gasteiger partial charge in [-0.25, -0.2) is 0 Å². The van der Waals surface area contributed by atoms with Crippen LogP contribution in [0.25, 0.3) is 0 Å². The highest BCUT2D eigenvalue weighted by Crippen LogP contribution is 2.32. The Hall–Kier alpha value is -0.570. The lowest BCUT2D eigenvalue weighted by atomic mass is 9.76. The number of hydrogen-bond acceptors (Lipinski definition) is 2. The molecule has 0 bridgehead atoms. The normalized spacial score (nSPS) is 27.8. The van der Waals surface area contributed by atoms with E-state index in [2.05, 4.69) is 24.5 Å². The molecule has 2 fully saturated rings. The SMILES string of the molecule is CCC1(CC)CNC2(CCCCC2)C(=O)N1. The molecule has 1 heterocycles. The van der Waals surface area contributed by atoms with Crippen LogP contribution >= 0.6 is 0 Å². The highest BCUT2D eigenvalue weighted by molar-refractivity contribution is 5.88. The molecule has 3 nitrogen and oxygen atoms in total. The van der Waals surface area contributed by atoms with Crippen LogP contribution in [0, 0.1) is 0 Å². The van der Waals surface area contributed by atoms with E-state index in [1.54, 1.807) is 0 Å². The second-order valence-electron chi connectivity index (χ2n) is 5.44. The maximum absolute atomic E-state index is 12.3. The molecule has 1 amide bonds. The van der Waals surface area contributed by atoms with Crippen LogP contribution in [0.1, 0.15) is 58.8 Å². The Morgan fingerprint density at radius 3 is 2.25 bits per heavy atom. The van der Waals surface area contributed by atoms with Crippen molar-refractivity contribution in [2.24, 2.45) is 0 Å². The summed E-state index contributed by atoms with van der Waals surface area (Å²) in [6.45, 7) is 5.25. The molecule has 0 aromatic carbocycles. The lowest BCUT2D eigenvalue weighted by Crippen LogP contribution is -2.72. The van der Waals surface area contributed by atoms with Crippen molar-refractivity contribution in [2.45, 2.75) is 69.9 Å². The van der Waals surface area contributed by atoms with Crippen molar-refractivity contribution in [1.29, 1.82) is 0 Å². The van der Waals surface area contributed by atoms with Crippen LogP contribution in [-0.2, 0) is 4.79 Å². The van der Waals surface area contributed by atoms with Crippen molar-refractivity contribution in [2.75, 3.05) is 6.54 Å². The maximum atomic E-state index is 12.3. The summed E-state index contributed by atoms with van der Waals surface area (Å²) in [6.07, 6.45) is 7.71. The zero-order chi connectivity index (χ0) is 11.6. The number of piperazine rings is 1. The van der Waals surface area contributed by atoms with E-state index in [1.165, 1.54) is 19.3 Å². The smallest absolute Gasteiger partial charge is 0.240 e. The summed E-state index contributed by atoms with van der Waals surface area (Å²) in [5.41, 5.74) is -0.230. The lowest BCUT2D eigenvalue weighted by Gasteiger charge is -2.48. The minimum Gasteiger partial charge on any atom is -0.348 e. The fraction of sp³-hybridized carbons (Fsp3) is 0.923. The Morgan fingerprint density at radius 1 is 1.12 bits per heavy atom. The minimum atomic E-state index is -0.230. The monoisotopic (exact) mass is 224 g/mol. The first-order valence-electron chi connectivity index (χ1n) is 6.74. The number of rotatable bonds is 2. The minimum absolute atomic E-state index is 0.000218. The number of hydrogen-bond donors (Lipinski definition) is 2. The van der Waals surface area contributed by atoms with Gasteiger partial charge in [-0.3, -0.25) is 4.79 Å². The van der Waals surface area contributed by atoms with Gasteiger partial charge in [-0.15, -0.1) is 0 Å². The van der Waals surface area contributed by atoms with Crippen LogP contribution in [0.2, 0.25) is 0 Å². The zero-order valence-corrected chi connectivity index (χ0v) is 10.6. The van der Waals surface area contributed by atoms with Gasteiger partial charge in [0.15, 0.2) is 0 Å². The molecule has 16 heavy (non-hydrogen) atoms. The molecule has 2 rings (SSSR count). The second kappa shape index (κ2) is 4.36. The summed E-state index contributed by atoms with van der Waals surface area (Å²) in [5.74, 6) is 0.252. The van der Waals surface area contributed by atoms with Gasteiger partial charge in [-0.2, -0.15) is 0 Å². The topological polar surface area (TPSA) is 41.1 Å². The maximum Gasteiger partial charge on any atom is 0.240 e. The van der Waals surface area contributed by atoms with E-state index in [4.69, 9.17) is 0 Å². The average molecular weight is 224 g/mol. The van der Waals surface area contributed by atoms with Gasteiger partial charge in [-0.05, 0) is 25.7 Å². The molecule has 1 spiro atoms. The molecule has 0 aromatic rings. The van der Waals surface area contributed by atoms with Crippen molar-refractivity contribution in [3.05, 3.63) is 0 Å². The van der Waals surface area contributed by atoms with Gasteiger partial charge < -0.3 is 10.6 Å². The van der Waals surface area contributed by atoms with Crippen molar-refractivity contribution in [1.82, 2.24) is 10.6 Å². The molecule has 1 saturated carbocycles. The fourth-order valence-electron chi connectivity index (χ4n) is 3.06. The quantitative estimate of drug-likeness (QED) is 0.753. The molecule has 1 aliphatic heterocycles. The third kappa shape index (κ3) is 1.86. The first-order chi connectivity index (χ1) is 7.66. The number of nitrogens with one attached hydrogen (secondary N) is 2. The van der Waals surface area contributed by atoms with Gasteiger partial charge in [0.2, 0.25) is 5.91 Å². The number of amides is 1. The highest BCUT2D eigenvalue weighted by Gasteiger charge is 2.47. The van der Waals surface area contributed by atoms with Gasteiger partial charge >= 0.3 is 0 Å². The molecule has 2 aliphatic rings. The number of carbonyl (C=O) groups excluding carboxylic acids is 1. The van der Waals surface area contributed by atoms with E-state index < -0.39 is 0 Å². The Kier molecular flexibility index (Phi) is 3.24. The summed E-state index contributed by atoms with van der Waals surface area (Å²) in [7, 11) is 0. The Labute approximate surface area is 98.4 Å². The van der Waals surface area contributed by atoms with Crippen LogP contribution in [0.3, 0.4) is 0 Å². The van der Waals surface area contributed by atoms with Crippen LogP contribution in [-0.4, -0.2) is 23.5 Å². The van der Waals surface area contributed by atoms with E-state index >= 15 is 0 Å². The third-order valence-corrected chi connectivity index (χ3v) is 4.64. The molecule has 0 atom stereocenters. The van der Waals surface area contributed by atoms with E-state index in [1.807, 2.05) is 0 Å². The van der Waals surface area contributed by atoms with Crippen LogP contribution in [0.5, 0.6) is 0 Å². The summed E-state index contributed by atoms with van der Waals surface area (Å²) < 4.78 is 0. The van der Waals surface area contributed by atoms with E-state index in [9.17, 15) is 4.79 Å². The van der Waals surface area contributed by atoms with Gasteiger partial charge in [0.25, 0.3) is 0 Å². The Balaban J connectivity index is 2.10. The predicted molar refractivity (Wildman–Crippen MR) is 65.3 cm³/mol. The summed E-state index contributed by atoms with van der Waals surface area (Å²) in [6, 6.07) is 0. The summed E-state index contributed by atoms with van der Waals surface area (Å²) >= 11 is 0. The van der Waals surface area contributed by atoms with E-state index in [0.29, 0.717) is 0 Å². The molecule has 0 unspecified atom stereocenters. The zero-order valence-electron chi connectivity index (χ0n) is 10.6. The first kappa shape index (κ1) is 11.9. The van der Waals surface area contributed by atoms with Crippen molar-refractivity contribution < 1.29 is 4.79 Å². The predicted octanol–water partition coefficient (Wildman–Crippen LogP) is 1.97. The standard InChI is InChI=1S/C13H24N2O/c1-3-12(4-2)10-14-13(11(16)15-12)8-6-5-7-9-13/h14H,3-10H2,1-2H3,(H,15,16). The highest BCUT2D eigenvalue weighted by atomic mass is 16.2. The molecular weight excluding hydrogens is 200 g/mol. The van der Waals surface area contributed by atoms with Gasteiger partial charge in [-0.1, -0.05) is 33.1 Å². The first-order valence-corrected chi connectivity index (χ1v) is 6.74. The largest absolute Gasteiger partial charge is 0.348 e. The fourth-order valence-corrected chi connectivity index (χ4v) is 3.06. The van der Waals surface area contributed by atoms with Crippen molar-refractivity contribution in [3.8, 4) is 0 Å². The van der Waals surface area contributed by atoms with Crippen LogP contribution in [0.15, 0.2) is 0 Å². The van der Waals surface area contributed by atoms with E-state index in [0.717, 1.165) is 32.2 Å². The average Bonchev–Trinajstić information content (AvgIpc) is 2.35. The molecule has 0 aromatic heterocycles. The van der Waals surface area contributed by atoms with Gasteiger partial charge in [0.05, 0.1) is 11.1 Å². The number of carbonyl (C=O) groups is 1. The molecule has 92 valence electrons. The van der Waals surface area contributed by atoms with E-state index in [-0.39, 0.29) is 17.0 Å². The van der Waals surface area contributed by atoms with Gasteiger partial charge in [0, 0.05) is 6.54 Å². The third-order valence-electron chi connectivity index (χ3n) is 4.64. The molecule has 3 heteroatoms. The molecule has 1 aliphatic carbocycles. The second-order valence-corrected chi connectivity index (χ2v) is 5.44. The van der Waals surface area contributed by atoms with Crippen LogP contribution in [0.4, 0.5) is 0 Å². The Morgan fingerprint density at radius 2 is 1.75 bits per heavy atom. The lowest BCUT2D eigenvalue weighted by molar-refractivity contribution is -0.134. The van der Waals surface area contributed by atoms with Crippen molar-refractivity contribution >= 4 is 5.91 Å². The van der Waals surface area contributed by atoms with Gasteiger partial charge in [0.1, 0.15) is 0 Å². The molecule has 1 saturated heterocycles. The molecule has 0 radical (unpaired) electrons. The molecular formula is C13H24N2O. The van der Waals surface area contributed by atoms with Crippen molar-refractivity contribution in [3.63, 3.8) is 0 Å². The summed E-state index contributed by atoms with van der Waals surface area (Å²) in [4.78, 5) is 12.3. The van der Waals surface area contributed by atoms with Crippen LogP contribution < -0.4 is 10.6 Å². The Bertz CT molecular complexity index is 265.